The maximum absolute atomic E-state index is 11.8. The van der Waals surface area contributed by atoms with E-state index in [0.717, 1.165) is 30.2 Å². The van der Waals surface area contributed by atoms with Gasteiger partial charge in [-0.15, -0.1) is 5.10 Å². The lowest BCUT2D eigenvalue weighted by Gasteiger charge is -2.08. The van der Waals surface area contributed by atoms with Crippen LogP contribution in [0.25, 0.3) is 17.5 Å². The van der Waals surface area contributed by atoms with Gasteiger partial charge in [0.05, 0.1) is 28.5 Å². The van der Waals surface area contributed by atoms with E-state index in [1.165, 1.54) is 0 Å². The number of nitrogens with one attached hydrogen (secondary N) is 1. The predicted octanol–water partition coefficient (Wildman–Crippen LogP) is 4.92. The van der Waals surface area contributed by atoms with Gasteiger partial charge in [-0.1, -0.05) is 0 Å². The number of ether oxygens (including phenoxy) is 3. The molecular formula is C20H17I2N3O5S. The first-order valence-corrected chi connectivity index (χ1v) is 11.6. The molecule has 0 saturated heterocycles. The van der Waals surface area contributed by atoms with Gasteiger partial charge in [-0.25, -0.2) is 9.78 Å². The van der Waals surface area contributed by atoms with Crippen LogP contribution in [0.15, 0.2) is 40.4 Å². The number of nitrogens with zero attached hydrogens (tertiary/aromatic N) is 2. The number of aromatic amines is 1. The zero-order valence-electron chi connectivity index (χ0n) is 16.6. The van der Waals surface area contributed by atoms with Crippen LogP contribution in [-0.4, -0.2) is 47.6 Å². The van der Waals surface area contributed by atoms with Gasteiger partial charge in [0, 0.05) is 11.6 Å². The summed E-state index contributed by atoms with van der Waals surface area (Å²) in [7, 11) is 4.73. The first-order chi connectivity index (χ1) is 14.8. The highest BCUT2D eigenvalue weighted by atomic mass is 127. The second-order valence-electron chi connectivity index (χ2n) is 6.00. The fourth-order valence-corrected chi connectivity index (χ4v) is 5.57. The van der Waals surface area contributed by atoms with E-state index in [2.05, 4.69) is 60.4 Å². The van der Waals surface area contributed by atoms with Crippen molar-refractivity contribution in [2.45, 2.75) is 5.16 Å². The van der Waals surface area contributed by atoms with Crippen LogP contribution >= 0.6 is 56.9 Å². The Morgan fingerprint density at radius 3 is 2.16 bits per heavy atom. The molecular weight excluding hydrogens is 648 g/mol. The van der Waals surface area contributed by atoms with E-state index in [-0.39, 0.29) is 10.1 Å². The first-order valence-electron chi connectivity index (χ1n) is 8.66. The summed E-state index contributed by atoms with van der Waals surface area (Å²) in [4.78, 5) is 16.3. The van der Waals surface area contributed by atoms with Crippen molar-refractivity contribution in [1.82, 2.24) is 15.2 Å². The van der Waals surface area contributed by atoms with Crippen LogP contribution in [0.3, 0.4) is 0 Å². The molecule has 0 radical (unpaired) electrons. The van der Waals surface area contributed by atoms with Crippen molar-refractivity contribution in [1.29, 1.82) is 0 Å². The molecule has 1 heterocycles. The van der Waals surface area contributed by atoms with Gasteiger partial charge in [0.2, 0.25) is 5.16 Å². The molecule has 162 valence electrons. The molecule has 0 aliphatic rings. The average Bonchev–Trinajstić information content (AvgIpc) is 3.21. The standard InChI is InChI=1S/C20H17I2N3O5S/c1-28-12-7-11(8-13(9-12)29-2)18-23-20(25-24-18)31-16(19(26)27)6-10-4-14(21)17(30-3)15(22)5-10/h4-9H,1-3H3,(H,26,27)(H,23,24,25)/b16-6-. The number of thioether (sulfide) groups is 1. The fourth-order valence-electron chi connectivity index (χ4n) is 2.61. The highest BCUT2D eigenvalue weighted by Crippen LogP contribution is 2.33. The molecule has 0 aliphatic heterocycles. The smallest absolute Gasteiger partial charge is 0.342 e. The molecule has 2 N–H and O–H groups in total. The number of carboxylic acids is 1. The van der Waals surface area contributed by atoms with Crippen LogP contribution < -0.4 is 14.2 Å². The maximum atomic E-state index is 11.8. The number of aliphatic carboxylic acids is 1. The van der Waals surface area contributed by atoms with Crippen LogP contribution in [0.1, 0.15) is 5.56 Å². The van der Waals surface area contributed by atoms with Gasteiger partial charge < -0.3 is 19.3 Å². The van der Waals surface area contributed by atoms with Crippen molar-refractivity contribution in [3.05, 3.63) is 47.9 Å². The van der Waals surface area contributed by atoms with Crippen LogP contribution in [-0.2, 0) is 4.79 Å². The number of rotatable bonds is 8. The molecule has 2 aromatic carbocycles. The van der Waals surface area contributed by atoms with Crippen molar-refractivity contribution in [2.24, 2.45) is 0 Å². The van der Waals surface area contributed by atoms with E-state index in [1.807, 2.05) is 12.1 Å². The molecule has 0 atom stereocenters. The molecule has 31 heavy (non-hydrogen) atoms. The van der Waals surface area contributed by atoms with Crippen LogP contribution in [0.4, 0.5) is 0 Å². The Bertz CT molecular complexity index is 1100. The van der Waals surface area contributed by atoms with Crippen molar-refractivity contribution < 1.29 is 24.1 Å². The number of benzene rings is 2. The molecule has 0 spiro atoms. The lowest BCUT2D eigenvalue weighted by atomic mass is 10.2. The SMILES string of the molecule is COc1cc(OC)cc(-c2nc(S/C(=C\c3cc(I)c(OC)c(I)c3)C(=O)O)n[nH]2)c1. The van der Waals surface area contributed by atoms with Crippen LogP contribution in [0, 0.1) is 7.14 Å². The van der Waals surface area contributed by atoms with Gasteiger partial charge in [-0.3, -0.25) is 5.10 Å². The topological polar surface area (TPSA) is 107 Å². The Morgan fingerprint density at radius 2 is 1.65 bits per heavy atom. The quantitative estimate of drug-likeness (QED) is 0.199. The predicted molar refractivity (Wildman–Crippen MR) is 135 cm³/mol. The van der Waals surface area contributed by atoms with Gasteiger partial charge in [0.15, 0.2) is 5.82 Å². The summed E-state index contributed by atoms with van der Waals surface area (Å²) in [6, 6.07) is 9.03. The average molecular weight is 665 g/mol. The lowest BCUT2D eigenvalue weighted by molar-refractivity contribution is -0.131. The third kappa shape index (κ3) is 5.83. The van der Waals surface area contributed by atoms with Crippen LogP contribution in [0.5, 0.6) is 17.2 Å². The summed E-state index contributed by atoms with van der Waals surface area (Å²) in [5.74, 6) is 1.37. The summed E-state index contributed by atoms with van der Waals surface area (Å²) < 4.78 is 17.7. The van der Waals surface area contributed by atoms with E-state index in [4.69, 9.17) is 14.2 Å². The van der Waals surface area contributed by atoms with Crippen molar-refractivity contribution >= 4 is 69.0 Å². The Labute approximate surface area is 210 Å². The maximum Gasteiger partial charge on any atom is 0.342 e. The summed E-state index contributed by atoms with van der Waals surface area (Å²) in [5.41, 5.74) is 1.45. The molecule has 8 nitrogen and oxygen atoms in total. The summed E-state index contributed by atoms with van der Waals surface area (Å²) in [6.07, 6.45) is 1.58. The molecule has 0 aliphatic carbocycles. The third-order valence-corrected chi connectivity index (χ3v) is 6.50. The van der Waals surface area contributed by atoms with E-state index in [1.54, 1.807) is 45.6 Å². The van der Waals surface area contributed by atoms with E-state index in [9.17, 15) is 9.90 Å². The summed E-state index contributed by atoms with van der Waals surface area (Å²) >= 11 is 5.27. The Morgan fingerprint density at radius 1 is 1.03 bits per heavy atom. The number of hydrogen-bond donors (Lipinski definition) is 2. The van der Waals surface area contributed by atoms with Crippen molar-refractivity contribution in [3.8, 4) is 28.6 Å². The third-order valence-electron chi connectivity index (χ3n) is 4.02. The minimum atomic E-state index is -1.07. The van der Waals surface area contributed by atoms with Gasteiger partial charge in [-0.2, -0.15) is 0 Å². The summed E-state index contributed by atoms with van der Waals surface area (Å²) in [6.45, 7) is 0. The molecule has 0 saturated carbocycles. The molecule has 11 heteroatoms. The lowest BCUT2D eigenvalue weighted by Crippen LogP contribution is -1.98. The molecule has 0 bridgehead atoms. The van der Waals surface area contributed by atoms with Gasteiger partial charge in [0.25, 0.3) is 0 Å². The highest BCUT2D eigenvalue weighted by molar-refractivity contribution is 14.1. The normalized spacial score (nSPS) is 11.3. The fraction of sp³-hybridized carbons (Fsp3) is 0.150. The number of carboxylic acid groups (broad SMARTS) is 1. The van der Waals surface area contributed by atoms with Gasteiger partial charge in [0.1, 0.15) is 22.2 Å². The van der Waals surface area contributed by atoms with E-state index < -0.39 is 5.97 Å². The molecule has 0 unspecified atom stereocenters. The van der Waals surface area contributed by atoms with Crippen molar-refractivity contribution in [3.63, 3.8) is 0 Å². The zero-order valence-corrected chi connectivity index (χ0v) is 21.7. The first kappa shape index (κ1) is 23.7. The number of methoxy groups -OCH3 is 3. The monoisotopic (exact) mass is 665 g/mol. The Hall–Kier alpha value is -2.00. The molecule has 3 rings (SSSR count). The van der Waals surface area contributed by atoms with Crippen molar-refractivity contribution in [2.75, 3.05) is 21.3 Å². The zero-order chi connectivity index (χ0) is 22.5. The number of H-pyrrole nitrogens is 1. The number of halogens is 2. The molecule has 3 aromatic rings. The second-order valence-corrected chi connectivity index (χ2v) is 9.34. The Balaban J connectivity index is 1.90. The highest BCUT2D eigenvalue weighted by Gasteiger charge is 2.16. The summed E-state index contributed by atoms with van der Waals surface area (Å²) in [5, 5.41) is 16.9. The largest absolute Gasteiger partial charge is 0.497 e. The molecule has 0 fully saturated rings. The van der Waals surface area contributed by atoms with E-state index in [0.29, 0.717) is 22.9 Å². The minimum Gasteiger partial charge on any atom is -0.497 e. The molecule has 1 aromatic heterocycles. The number of aromatic nitrogens is 3. The van der Waals surface area contributed by atoms with Gasteiger partial charge in [-0.05, 0) is 92.8 Å². The second kappa shape index (κ2) is 10.5. The molecule has 0 amide bonds. The number of carbonyl (C=O) groups is 1. The number of hydrogen-bond acceptors (Lipinski definition) is 7. The Kier molecular flexibility index (Phi) is 8.05. The van der Waals surface area contributed by atoms with Gasteiger partial charge >= 0.3 is 5.97 Å². The van der Waals surface area contributed by atoms with E-state index >= 15 is 0 Å². The van der Waals surface area contributed by atoms with Crippen LogP contribution in [0.2, 0.25) is 0 Å². The minimum absolute atomic E-state index is 0.0885.